The van der Waals surface area contributed by atoms with Crippen molar-refractivity contribution in [2.45, 2.75) is 44.8 Å². The summed E-state index contributed by atoms with van der Waals surface area (Å²) in [6.07, 6.45) is 4.68. The normalized spacial score (nSPS) is 20.6. The van der Waals surface area contributed by atoms with E-state index in [4.69, 9.17) is 0 Å². The number of nitrogens with one attached hydrogen (secondary N) is 1. The molecule has 0 radical (unpaired) electrons. The van der Waals surface area contributed by atoms with Gasteiger partial charge in [-0.1, -0.05) is 29.8 Å². The maximum absolute atomic E-state index is 12.7. The van der Waals surface area contributed by atoms with Gasteiger partial charge in [0.25, 0.3) is 0 Å². The van der Waals surface area contributed by atoms with Crippen LogP contribution in [-0.4, -0.2) is 63.3 Å². The summed E-state index contributed by atoms with van der Waals surface area (Å²) < 4.78 is 27.0. The van der Waals surface area contributed by atoms with Crippen LogP contribution in [0.1, 0.15) is 43.2 Å². The highest BCUT2D eigenvalue weighted by molar-refractivity contribution is 7.88. The predicted octanol–water partition coefficient (Wildman–Crippen LogP) is 2.38. The monoisotopic (exact) mass is 421 g/mol. The quantitative estimate of drug-likeness (QED) is 0.734. The Bertz CT molecular complexity index is 763. The van der Waals surface area contributed by atoms with E-state index in [9.17, 15) is 13.2 Å². The molecule has 0 saturated carbocycles. The summed E-state index contributed by atoms with van der Waals surface area (Å²) in [7, 11) is -1.18. The molecular formula is C22H35N3O3S. The Morgan fingerprint density at radius 1 is 1.03 bits per heavy atom. The minimum absolute atomic E-state index is 0.0285. The van der Waals surface area contributed by atoms with E-state index in [-0.39, 0.29) is 17.6 Å². The Labute approximate surface area is 175 Å². The molecule has 2 saturated heterocycles. The van der Waals surface area contributed by atoms with Crippen molar-refractivity contribution in [1.82, 2.24) is 14.5 Å². The number of piperidine rings is 2. The number of carbonyl (C=O) groups excluding carboxylic acids is 1. The Morgan fingerprint density at radius 3 is 2.28 bits per heavy atom. The standard InChI is InChI=1S/C22H35N3O3S/c1-18-3-5-20(6-4-18)17-29(27,28)25-15-10-21(11-16-25)22(26)23-12-7-19-8-13-24(2)14-9-19/h3-6,19,21H,7-17H2,1-2H3,(H,23,26). The first-order valence-electron chi connectivity index (χ1n) is 10.8. The smallest absolute Gasteiger partial charge is 0.223 e. The number of rotatable bonds is 7. The van der Waals surface area contributed by atoms with Crippen LogP contribution in [-0.2, 0) is 20.6 Å². The predicted molar refractivity (Wildman–Crippen MR) is 116 cm³/mol. The second kappa shape index (κ2) is 10.0. The van der Waals surface area contributed by atoms with Crippen LogP contribution in [0, 0.1) is 18.8 Å². The Kier molecular flexibility index (Phi) is 7.71. The van der Waals surface area contributed by atoms with Gasteiger partial charge in [0.2, 0.25) is 15.9 Å². The van der Waals surface area contributed by atoms with Crippen molar-refractivity contribution in [2.24, 2.45) is 11.8 Å². The third-order valence-electron chi connectivity index (χ3n) is 6.38. The SMILES string of the molecule is Cc1ccc(CS(=O)(=O)N2CCC(C(=O)NCCC3CCN(C)CC3)CC2)cc1. The molecule has 0 unspecified atom stereocenters. The lowest BCUT2D eigenvalue weighted by atomic mass is 9.93. The Hall–Kier alpha value is -1.44. The topological polar surface area (TPSA) is 69.7 Å². The summed E-state index contributed by atoms with van der Waals surface area (Å²) in [5.41, 5.74) is 1.93. The van der Waals surface area contributed by atoms with Crippen LogP contribution in [0.4, 0.5) is 0 Å². The molecule has 2 fully saturated rings. The number of hydrogen-bond donors (Lipinski definition) is 1. The molecule has 29 heavy (non-hydrogen) atoms. The molecule has 1 N–H and O–H groups in total. The minimum Gasteiger partial charge on any atom is -0.356 e. The lowest BCUT2D eigenvalue weighted by Gasteiger charge is -2.31. The van der Waals surface area contributed by atoms with Crippen LogP contribution in [0.5, 0.6) is 0 Å². The van der Waals surface area contributed by atoms with Gasteiger partial charge in [0, 0.05) is 25.6 Å². The van der Waals surface area contributed by atoms with Crippen molar-refractivity contribution in [2.75, 3.05) is 39.8 Å². The van der Waals surface area contributed by atoms with Gasteiger partial charge in [0.05, 0.1) is 5.75 Å². The van der Waals surface area contributed by atoms with Gasteiger partial charge in [-0.25, -0.2) is 12.7 Å². The number of carbonyl (C=O) groups is 1. The number of sulfonamides is 1. The van der Waals surface area contributed by atoms with Gasteiger partial charge in [0.1, 0.15) is 0 Å². The molecule has 0 bridgehead atoms. The molecule has 0 atom stereocenters. The van der Waals surface area contributed by atoms with Crippen LogP contribution in [0.2, 0.25) is 0 Å². The molecule has 6 nitrogen and oxygen atoms in total. The summed E-state index contributed by atoms with van der Waals surface area (Å²) in [6.45, 7) is 5.88. The minimum atomic E-state index is -3.34. The Morgan fingerprint density at radius 2 is 1.66 bits per heavy atom. The molecule has 2 aliphatic heterocycles. The van der Waals surface area contributed by atoms with Gasteiger partial charge in [-0.05, 0) is 70.6 Å². The maximum atomic E-state index is 12.7. The molecule has 0 spiro atoms. The van der Waals surface area contributed by atoms with Crippen molar-refractivity contribution < 1.29 is 13.2 Å². The fourth-order valence-electron chi connectivity index (χ4n) is 4.28. The van der Waals surface area contributed by atoms with Crippen molar-refractivity contribution >= 4 is 15.9 Å². The zero-order chi connectivity index (χ0) is 20.9. The molecule has 2 aliphatic rings. The highest BCUT2D eigenvalue weighted by Gasteiger charge is 2.31. The van der Waals surface area contributed by atoms with E-state index < -0.39 is 10.0 Å². The van der Waals surface area contributed by atoms with Crippen molar-refractivity contribution in [3.8, 4) is 0 Å². The zero-order valence-electron chi connectivity index (χ0n) is 17.8. The molecular weight excluding hydrogens is 386 g/mol. The van der Waals surface area contributed by atoms with Crippen LogP contribution >= 0.6 is 0 Å². The van der Waals surface area contributed by atoms with E-state index >= 15 is 0 Å². The average molecular weight is 422 g/mol. The van der Waals surface area contributed by atoms with Crippen molar-refractivity contribution in [3.05, 3.63) is 35.4 Å². The third kappa shape index (κ3) is 6.52. The van der Waals surface area contributed by atoms with Gasteiger partial charge in [-0.3, -0.25) is 4.79 Å². The second-order valence-electron chi connectivity index (χ2n) is 8.74. The maximum Gasteiger partial charge on any atom is 0.223 e. The van der Waals surface area contributed by atoms with E-state index in [0.717, 1.165) is 37.2 Å². The van der Waals surface area contributed by atoms with E-state index in [1.807, 2.05) is 31.2 Å². The lowest BCUT2D eigenvalue weighted by Crippen LogP contribution is -2.43. The van der Waals surface area contributed by atoms with Crippen LogP contribution in [0.3, 0.4) is 0 Å². The van der Waals surface area contributed by atoms with Gasteiger partial charge < -0.3 is 10.2 Å². The van der Waals surface area contributed by atoms with Gasteiger partial charge in [0.15, 0.2) is 0 Å². The van der Waals surface area contributed by atoms with Crippen molar-refractivity contribution in [3.63, 3.8) is 0 Å². The van der Waals surface area contributed by atoms with Crippen LogP contribution in [0.25, 0.3) is 0 Å². The first-order chi connectivity index (χ1) is 13.8. The van der Waals surface area contributed by atoms with E-state index in [0.29, 0.717) is 31.8 Å². The van der Waals surface area contributed by atoms with Crippen molar-refractivity contribution in [1.29, 1.82) is 0 Å². The summed E-state index contributed by atoms with van der Waals surface area (Å²) in [5.74, 6) is 0.757. The largest absolute Gasteiger partial charge is 0.356 e. The molecule has 1 aromatic rings. The molecule has 1 amide bonds. The summed E-state index contributed by atoms with van der Waals surface area (Å²) in [6, 6.07) is 7.62. The molecule has 162 valence electrons. The number of aryl methyl sites for hydroxylation is 1. The fourth-order valence-corrected chi connectivity index (χ4v) is 5.84. The van der Waals surface area contributed by atoms with E-state index in [1.165, 1.54) is 12.8 Å². The molecule has 0 aromatic heterocycles. The summed E-state index contributed by atoms with van der Waals surface area (Å²) in [5, 5.41) is 3.09. The molecule has 0 aliphatic carbocycles. The first-order valence-corrected chi connectivity index (χ1v) is 12.4. The average Bonchev–Trinajstić information content (AvgIpc) is 2.71. The Balaban J connectivity index is 1.39. The number of likely N-dealkylation sites (tertiary alicyclic amines) is 1. The highest BCUT2D eigenvalue weighted by atomic mass is 32.2. The number of benzene rings is 1. The lowest BCUT2D eigenvalue weighted by molar-refractivity contribution is -0.126. The summed E-state index contributed by atoms with van der Waals surface area (Å²) in [4.78, 5) is 14.8. The summed E-state index contributed by atoms with van der Waals surface area (Å²) >= 11 is 0. The first kappa shape index (κ1) is 22.2. The molecule has 1 aromatic carbocycles. The van der Waals surface area contributed by atoms with E-state index in [1.54, 1.807) is 4.31 Å². The zero-order valence-corrected chi connectivity index (χ0v) is 18.6. The highest BCUT2D eigenvalue weighted by Crippen LogP contribution is 2.23. The molecule has 7 heteroatoms. The molecule has 2 heterocycles. The number of amides is 1. The third-order valence-corrected chi connectivity index (χ3v) is 8.23. The van der Waals surface area contributed by atoms with Gasteiger partial charge in [-0.2, -0.15) is 0 Å². The second-order valence-corrected chi connectivity index (χ2v) is 10.7. The number of nitrogens with zero attached hydrogens (tertiary/aromatic N) is 2. The van der Waals surface area contributed by atoms with Gasteiger partial charge in [-0.15, -0.1) is 0 Å². The van der Waals surface area contributed by atoms with Crippen LogP contribution in [0.15, 0.2) is 24.3 Å². The van der Waals surface area contributed by atoms with Crippen LogP contribution < -0.4 is 5.32 Å². The van der Waals surface area contributed by atoms with Gasteiger partial charge >= 0.3 is 0 Å². The van der Waals surface area contributed by atoms with E-state index in [2.05, 4.69) is 17.3 Å². The molecule has 3 rings (SSSR count). The fraction of sp³-hybridized carbons (Fsp3) is 0.682. The number of hydrogen-bond acceptors (Lipinski definition) is 4.